The first-order chi connectivity index (χ1) is 11.6. The molecule has 4 nitrogen and oxygen atoms in total. The topological polar surface area (TPSA) is 74.6 Å². The molecule has 0 bridgehead atoms. The molecule has 2 N–H and O–H groups in total. The fraction of sp³-hybridized carbons (Fsp3) is 0.619. The van der Waals surface area contributed by atoms with Crippen LogP contribution >= 0.6 is 0 Å². The smallest absolute Gasteiger partial charge is 0.178 e. The summed E-state index contributed by atoms with van der Waals surface area (Å²) in [6.45, 7) is 5.63. The maximum atomic E-state index is 12.2. The number of hydrogen-bond acceptors (Lipinski definition) is 4. The van der Waals surface area contributed by atoms with Gasteiger partial charge < -0.3 is 10.2 Å². The standard InChI is InChI=1S/C21H26O4/c1-12(22)21(25)9-6-16-18-15(5-8-20(16,21)3)19(2)7-4-14(23)10-13(19)11-17(18)24/h4,7,10-11,15-16,18,24-25H,5-6,8-9H2,1-3H3/t15-,16-,18+,19-,20-,21-/m0/s1. The van der Waals surface area contributed by atoms with Crippen molar-refractivity contribution in [3.8, 4) is 0 Å². The summed E-state index contributed by atoms with van der Waals surface area (Å²) in [5.41, 5.74) is -1.20. The van der Waals surface area contributed by atoms with E-state index in [1.165, 1.54) is 6.92 Å². The van der Waals surface area contributed by atoms with Crippen LogP contribution in [0.4, 0.5) is 0 Å². The van der Waals surface area contributed by atoms with E-state index in [9.17, 15) is 19.8 Å². The normalized spacial score (nSPS) is 48.2. The Kier molecular flexibility index (Phi) is 3.31. The summed E-state index contributed by atoms with van der Waals surface area (Å²) < 4.78 is 0. The molecule has 0 aromatic carbocycles. The summed E-state index contributed by atoms with van der Waals surface area (Å²) in [6.07, 6.45) is 9.77. The van der Waals surface area contributed by atoms with Crippen LogP contribution in [0.15, 0.2) is 35.6 Å². The van der Waals surface area contributed by atoms with Crippen molar-refractivity contribution >= 4 is 11.6 Å². The van der Waals surface area contributed by atoms with Gasteiger partial charge in [-0.05, 0) is 68.2 Å². The maximum Gasteiger partial charge on any atom is 0.178 e. The molecule has 4 rings (SSSR count). The van der Waals surface area contributed by atoms with Crippen molar-refractivity contribution < 1.29 is 19.8 Å². The first-order valence-corrected chi connectivity index (χ1v) is 9.23. The van der Waals surface area contributed by atoms with Gasteiger partial charge in [0.15, 0.2) is 11.6 Å². The third-order valence-corrected chi connectivity index (χ3v) is 7.93. The van der Waals surface area contributed by atoms with Crippen molar-refractivity contribution in [1.29, 1.82) is 0 Å². The molecule has 0 aromatic heterocycles. The van der Waals surface area contributed by atoms with E-state index in [0.717, 1.165) is 24.8 Å². The molecule has 0 aliphatic heterocycles. The number of aliphatic hydroxyl groups is 2. The van der Waals surface area contributed by atoms with E-state index in [2.05, 4.69) is 6.92 Å². The highest BCUT2D eigenvalue weighted by atomic mass is 16.3. The van der Waals surface area contributed by atoms with E-state index < -0.39 is 11.0 Å². The predicted molar refractivity (Wildman–Crippen MR) is 93.7 cm³/mol. The average Bonchev–Trinajstić information content (AvgIpc) is 2.82. The number of carbonyl (C=O) groups is 2. The molecule has 0 heterocycles. The third kappa shape index (κ3) is 1.92. The van der Waals surface area contributed by atoms with Gasteiger partial charge in [-0.1, -0.05) is 19.9 Å². The molecule has 0 amide bonds. The van der Waals surface area contributed by atoms with E-state index in [0.29, 0.717) is 12.2 Å². The van der Waals surface area contributed by atoms with Crippen molar-refractivity contribution in [2.75, 3.05) is 0 Å². The Morgan fingerprint density at radius 1 is 1.16 bits per heavy atom. The minimum Gasteiger partial charge on any atom is -0.512 e. The highest BCUT2D eigenvalue weighted by Gasteiger charge is 2.66. The summed E-state index contributed by atoms with van der Waals surface area (Å²) in [4.78, 5) is 24.0. The summed E-state index contributed by atoms with van der Waals surface area (Å²) in [7, 11) is 0. The van der Waals surface area contributed by atoms with Crippen molar-refractivity contribution in [2.24, 2.45) is 28.6 Å². The minimum absolute atomic E-state index is 0.0394. The lowest BCUT2D eigenvalue weighted by molar-refractivity contribution is -0.157. The second-order valence-electron chi connectivity index (χ2n) is 8.84. The first kappa shape index (κ1) is 16.8. The molecule has 6 atom stereocenters. The fourth-order valence-electron chi connectivity index (χ4n) is 6.32. The van der Waals surface area contributed by atoms with Crippen LogP contribution < -0.4 is 0 Å². The molecule has 4 aliphatic rings. The highest BCUT2D eigenvalue weighted by Crippen LogP contribution is 2.66. The van der Waals surface area contributed by atoms with Crippen LogP contribution in [0.3, 0.4) is 0 Å². The van der Waals surface area contributed by atoms with Crippen LogP contribution in [-0.2, 0) is 9.59 Å². The molecule has 0 saturated heterocycles. The van der Waals surface area contributed by atoms with Gasteiger partial charge in [0.1, 0.15) is 5.60 Å². The molecule has 25 heavy (non-hydrogen) atoms. The zero-order chi connectivity index (χ0) is 18.2. The van der Waals surface area contributed by atoms with E-state index in [1.807, 2.05) is 13.0 Å². The van der Waals surface area contributed by atoms with Gasteiger partial charge >= 0.3 is 0 Å². The van der Waals surface area contributed by atoms with Gasteiger partial charge in [0.25, 0.3) is 0 Å². The molecule has 134 valence electrons. The zero-order valence-corrected chi connectivity index (χ0v) is 15.1. The number of carbonyl (C=O) groups excluding carboxylic acids is 2. The van der Waals surface area contributed by atoms with E-state index >= 15 is 0 Å². The van der Waals surface area contributed by atoms with Crippen molar-refractivity contribution in [2.45, 2.75) is 52.1 Å². The second-order valence-corrected chi connectivity index (χ2v) is 8.84. The Labute approximate surface area is 148 Å². The second kappa shape index (κ2) is 4.94. The molecular formula is C21H26O4. The fourth-order valence-corrected chi connectivity index (χ4v) is 6.32. The lowest BCUT2D eigenvalue weighted by atomic mass is 9.48. The quantitative estimate of drug-likeness (QED) is 0.767. The predicted octanol–water partition coefficient (Wildman–Crippen LogP) is 3.28. The summed E-state index contributed by atoms with van der Waals surface area (Å²) in [5.74, 6) is 0.279. The van der Waals surface area contributed by atoms with Gasteiger partial charge in [-0.2, -0.15) is 0 Å². The first-order valence-electron chi connectivity index (χ1n) is 9.23. The molecule has 0 unspecified atom stereocenters. The Morgan fingerprint density at radius 3 is 2.52 bits per heavy atom. The minimum atomic E-state index is -1.29. The van der Waals surface area contributed by atoms with E-state index in [1.54, 1.807) is 18.2 Å². The number of allylic oxidation sites excluding steroid dienone is 6. The van der Waals surface area contributed by atoms with Crippen molar-refractivity contribution in [1.82, 2.24) is 0 Å². The number of aliphatic hydroxyl groups excluding tert-OH is 1. The van der Waals surface area contributed by atoms with Gasteiger partial charge in [-0.3, -0.25) is 9.59 Å². The van der Waals surface area contributed by atoms with E-state index in [4.69, 9.17) is 0 Å². The SMILES string of the molecule is CC(=O)[C@@]1(O)CC[C@H]2[C@@H]3C(O)=CC4=CC(=O)C=C[C@]4(C)[C@H]3CC[C@@]21C. The molecular weight excluding hydrogens is 316 g/mol. The number of hydrogen-bond donors (Lipinski definition) is 2. The summed E-state index contributed by atoms with van der Waals surface area (Å²) >= 11 is 0. The number of Topliss-reactive ketones (excluding diaryl/α,β-unsaturated/α-hetero) is 1. The largest absolute Gasteiger partial charge is 0.512 e. The van der Waals surface area contributed by atoms with Gasteiger partial charge in [0.05, 0.1) is 5.76 Å². The molecule has 0 radical (unpaired) electrons. The number of rotatable bonds is 1. The van der Waals surface area contributed by atoms with Gasteiger partial charge in [-0.25, -0.2) is 0 Å². The van der Waals surface area contributed by atoms with Gasteiger partial charge in [0.2, 0.25) is 0 Å². The molecule has 2 saturated carbocycles. The van der Waals surface area contributed by atoms with Crippen LogP contribution in [0.1, 0.15) is 46.5 Å². The lowest BCUT2D eigenvalue weighted by Crippen LogP contribution is -2.56. The summed E-state index contributed by atoms with van der Waals surface area (Å²) in [5, 5.41) is 21.9. The van der Waals surface area contributed by atoms with Crippen LogP contribution in [-0.4, -0.2) is 27.4 Å². The zero-order valence-electron chi connectivity index (χ0n) is 15.1. The Bertz CT molecular complexity index is 760. The van der Waals surface area contributed by atoms with E-state index in [-0.39, 0.29) is 34.7 Å². The lowest BCUT2D eigenvalue weighted by Gasteiger charge is -2.56. The van der Waals surface area contributed by atoms with Gasteiger partial charge in [-0.15, -0.1) is 0 Å². The van der Waals surface area contributed by atoms with Crippen LogP contribution in [0, 0.1) is 28.6 Å². The monoisotopic (exact) mass is 342 g/mol. The molecule has 2 fully saturated rings. The van der Waals surface area contributed by atoms with Crippen LogP contribution in [0.2, 0.25) is 0 Å². The van der Waals surface area contributed by atoms with Crippen molar-refractivity contribution in [3.05, 3.63) is 35.6 Å². The van der Waals surface area contributed by atoms with Crippen LogP contribution in [0.5, 0.6) is 0 Å². The third-order valence-electron chi connectivity index (χ3n) is 7.93. The summed E-state index contributed by atoms with van der Waals surface area (Å²) in [6, 6.07) is 0. The van der Waals surface area contributed by atoms with Crippen molar-refractivity contribution in [3.63, 3.8) is 0 Å². The molecule has 0 aromatic rings. The van der Waals surface area contributed by atoms with Crippen LogP contribution in [0.25, 0.3) is 0 Å². The van der Waals surface area contributed by atoms with Gasteiger partial charge in [0, 0.05) is 16.7 Å². The molecule has 4 aliphatic carbocycles. The maximum absolute atomic E-state index is 12.2. The Morgan fingerprint density at radius 2 is 1.84 bits per heavy atom. The molecule has 4 heteroatoms. The number of fused-ring (bicyclic) bond motifs is 5. The average molecular weight is 342 g/mol. The highest BCUT2D eigenvalue weighted by molar-refractivity contribution is 6.01. The Balaban J connectivity index is 1.82. The molecule has 0 spiro atoms. The number of ketones is 2. The Hall–Kier alpha value is -1.68.